The van der Waals surface area contributed by atoms with Crippen molar-refractivity contribution in [2.75, 3.05) is 5.32 Å². The molecule has 0 fully saturated rings. The molecule has 6 nitrogen and oxygen atoms in total. The first kappa shape index (κ1) is 13.4. The van der Waals surface area contributed by atoms with E-state index >= 15 is 0 Å². The summed E-state index contributed by atoms with van der Waals surface area (Å²) in [5.74, 6) is 0.528. The van der Waals surface area contributed by atoms with Crippen molar-refractivity contribution in [2.24, 2.45) is 0 Å². The molecule has 0 amide bonds. The molecule has 0 unspecified atom stereocenters. The van der Waals surface area contributed by atoms with Crippen LogP contribution in [0.1, 0.15) is 25.5 Å². The minimum Gasteiger partial charge on any atom is -0.423 e. The van der Waals surface area contributed by atoms with Gasteiger partial charge in [-0.1, -0.05) is 0 Å². The molecule has 0 radical (unpaired) electrons. The van der Waals surface area contributed by atoms with E-state index in [1.54, 1.807) is 0 Å². The molecule has 0 spiro atoms. The highest BCUT2D eigenvalue weighted by atomic mass is 16.4. The molecular formula is C15H17N5O. The van der Waals surface area contributed by atoms with Gasteiger partial charge in [-0.05, 0) is 38.1 Å². The molecule has 0 aliphatic carbocycles. The Morgan fingerprint density at radius 3 is 2.67 bits per heavy atom. The Labute approximate surface area is 122 Å². The number of nitrogens with one attached hydrogen (secondary N) is 1. The first-order valence-electron chi connectivity index (χ1n) is 6.86. The molecule has 1 aromatic carbocycles. The average molecular weight is 283 g/mol. The maximum atomic E-state index is 5.16. The van der Waals surface area contributed by atoms with Crippen LogP contribution in [0.15, 0.2) is 47.5 Å². The van der Waals surface area contributed by atoms with Crippen LogP contribution >= 0.6 is 0 Å². The first-order chi connectivity index (χ1) is 10.2. The smallest absolute Gasteiger partial charge is 0.247 e. The molecule has 0 aliphatic heterocycles. The quantitative estimate of drug-likeness (QED) is 0.779. The molecule has 21 heavy (non-hydrogen) atoms. The Balaban J connectivity index is 1.62. The molecule has 0 saturated carbocycles. The topological polar surface area (TPSA) is 68.8 Å². The molecule has 6 heteroatoms. The molecule has 0 bridgehead atoms. The van der Waals surface area contributed by atoms with Gasteiger partial charge in [0, 0.05) is 35.6 Å². The van der Waals surface area contributed by atoms with E-state index < -0.39 is 0 Å². The zero-order valence-corrected chi connectivity index (χ0v) is 12.0. The number of benzene rings is 1. The number of nitrogens with zero attached hydrogens (tertiary/aromatic N) is 4. The van der Waals surface area contributed by atoms with Gasteiger partial charge >= 0.3 is 0 Å². The lowest BCUT2D eigenvalue weighted by atomic mass is 10.2. The highest BCUT2D eigenvalue weighted by molar-refractivity contribution is 5.58. The normalized spacial score (nSPS) is 11.0. The van der Waals surface area contributed by atoms with Gasteiger partial charge in [0.25, 0.3) is 0 Å². The summed E-state index contributed by atoms with van der Waals surface area (Å²) in [6.07, 6.45) is 5.28. The summed E-state index contributed by atoms with van der Waals surface area (Å²) in [6, 6.07) is 8.27. The Morgan fingerprint density at radius 2 is 2.05 bits per heavy atom. The van der Waals surface area contributed by atoms with Crippen LogP contribution in [0.5, 0.6) is 0 Å². The predicted octanol–water partition coefficient (Wildman–Crippen LogP) is 3.13. The highest BCUT2D eigenvalue weighted by Crippen LogP contribution is 2.19. The fourth-order valence-electron chi connectivity index (χ4n) is 1.98. The van der Waals surface area contributed by atoms with Gasteiger partial charge in [-0.3, -0.25) is 4.68 Å². The Bertz CT molecular complexity index is 685. The fourth-order valence-corrected chi connectivity index (χ4v) is 1.98. The van der Waals surface area contributed by atoms with E-state index in [-0.39, 0.29) is 0 Å². The third kappa shape index (κ3) is 3.10. The van der Waals surface area contributed by atoms with Gasteiger partial charge in [0.2, 0.25) is 12.3 Å². The third-order valence-corrected chi connectivity index (χ3v) is 3.17. The first-order valence-corrected chi connectivity index (χ1v) is 6.86. The van der Waals surface area contributed by atoms with E-state index in [1.165, 1.54) is 6.39 Å². The fraction of sp³-hybridized carbons (Fsp3) is 0.267. The summed E-state index contributed by atoms with van der Waals surface area (Å²) >= 11 is 0. The summed E-state index contributed by atoms with van der Waals surface area (Å²) in [5.41, 5.74) is 3.10. The van der Waals surface area contributed by atoms with E-state index in [4.69, 9.17) is 4.42 Å². The van der Waals surface area contributed by atoms with Crippen LogP contribution in [0.4, 0.5) is 5.69 Å². The largest absolute Gasteiger partial charge is 0.423 e. The zero-order chi connectivity index (χ0) is 14.7. The van der Waals surface area contributed by atoms with E-state index in [0.29, 0.717) is 11.9 Å². The van der Waals surface area contributed by atoms with E-state index in [1.807, 2.05) is 35.1 Å². The SMILES string of the molecule is CC(C)n1cc(CNc2ccc(-c3nnco3)cc2)cn1. The van der Waals surface area contributed by atoms with Crippen molar-refractivity contribution in [1.82, 2.24) is 20.0 Å². The Kier molecular flexibility index (Phi) is 3.68. The van der Waals surface area contributed by atoms with Crippen molar-refractivity contribution >= 4 is 5.69 Å². The molecular weight excluding hydrogens is 266 g/mol. The average Bonchev–Trinajstić information content (AvgIpc) is 3.17. The molecule has 0 saturated heterocycles. The van der Waals surface area contributed by atoms with Gasteiger partial charge in [0.15, 0.2) is 0 Å². The standard InChI is InChI=1S/C15H17N5O/c1-11(2)20-9-12(8-18-20)7-16-14-5-3-13(4-6-14)15-19-17-10-21-15/h3-6,8-11,16H,7H2,1-2H3. The summed E-state index contributed by atoms with van der Waals surface area (Å²) in [5, 5.41) is 15.2. The molecule has 2 heterocycles. The van der Waals surface area contributed by atoms with Gasteiger partial charge in [-0.25, -0.2) is 0 Å². The van der Waals surface area contributed by atoms with Crippen molar-refractivity contribution in [3.05, 3.63) is 48.6 Å². The van der Waals surface area contributed by atoms with Crippen LogP contribution < -0.4 is 5.32 Å². The van der Waals surface area contributed by atoms with Gasteiger partial charge in [-0.15, -0.1) is 10.2 Å². The van der Waals surface area contributed by atoms with Crippen molar-refractivity contribution < 1.29 is 4.42 Å². The van der Waals surface area contributed by atoms with E-state index in [0.717, 1.165) is 23.4 Å². The molecule has 3 rings (SSSR count). The second kappa shape index (κ2) is 5.78. The molecule has 2 aromatic heterocycles. The Morgan fingerprint density at radius 1 is 1.24 bits per heavy atom. The van der Waals surface area contributed by atoms with Crippen molar-refractivity contribution in [3.8, 4) is 11.5 Å². The monoisotopic (exact) mass is 283 g/mol. The highest BCUT2D eigenvalue weighted by Gasteiger charge is 2.04. The second-order valence-corrected chi connectivity index (χ2v) is 5.10. The minimum absolute atomic E-state index is 0.382. The van der Waals surface area contributed by atoms with Crippen LogP contribution in [0.25, 0.3) is 11.5 Å². The van der Waals surface area contributed by atoms with Crippen molar-refractivity contribution in [3.63, 3.8) is 0 Å². The predicted molar refractivity (Wildman–Crippen MR) is 79.7 cm³/mol. The van der Waals surface area contributed by atoms with Crippen molar-refractivity contribution in [2.45, 2.75) is 26.4 Å². The number of aromatic nitrogens is 4. The van der Waals surface area contributed by atoms with E-state index in [9.17, 15) is 0 Å². The lowest BCUT2D eigenvalue weighted by molar-refractivity contribution is 0.532. The lowest BCUT2D eigenvalue weighted by Crippen LogP contribution is -2.01. The maximum absolute atomic E-state index is 5.16. The molecule has 3 aromatic rings. The van der Waals surface area contributed by atoms with Crippen LogP contribution in [-0.4, -0.2) is 20.0 Å². The number of hydrogen-bond donors (Lipinski definition) is 1. The van der Waals surface area contributed by atoms with Crippen LogP contribution in [0.2, 0.25) is 0 Å². The molecule has 0 atom stereocenters. The minimum atomic E-state index is 0.382. The number of hydrogen-bond acceptors (Lipinski definition) is 5. The maximum Gasteiger partial charge on any atom is 0.247 e. The molecule has 0 aliphatic rings. The summed E-state index contributed by atoms with van der Waals surface area (Å²) in [4.78, 5) is 0. The van der Waals surface area contributed by atoms with Crippen LogP contribution in [0.3, 0.4) is 0 Å². The van der Waals surface area contributed by atoms with Crippen LogP contribution in [-0.2, 0) is 6.54 Å². The van der Waals surface area contributed by atoms with Gasteiger partial charge in [-0.2, -0.15) is 5.10 Å². The number of rotatable bonds is 5. The van der Waals surface area contributed by atoms with Gasteiger partial charge in [0.05, 0.1) is 6.20 Å². The van der Waals surface area contributed by atoms with Gasteiger partial charge < -0.3 is 9.73 Å². The van der Waals surface area contributed by atoms with Crippen LogP contribution in [0, 0.1) is 0 Å². The van der Waals surface area contributed by atoms with Crippen molar-refractivity contribution in [1.29, 1.82) is 0 Å². The second-order valence-electron chi connectivity index (χ2n) is 5.10. The van der Waals surface area contributed by atoms with Gasteiger partial charge in [0.1, 0.15) is 0 Å². The lowest BCUT2D eigenvalue weighted by Gasteiger charge is -2.06. The van der Waals surface area contributed by atoms with E-state index in [2.05, 4.69) is 40.7 Å². The summed E-state index contributed by atoms with van der Waals surface area (Å²) < 4.78 is 7.11. The summed E-state index contributed by atoms with van der Waals surface area (Å²) in [7, 11) is 0. The molecule has 1 N–H and O–H groups in total. The molecule has 108 valence electrons. The third-order valence-electron chi connectivity index (χ3n) is 3.17. The summed E-state index contributed by atoms with van der Waals surface area (Å²) in [6.45, 7) is 4.97. The number of anilines is 1. The zero-order valence-electron chi connectivity index (χ0n) is 12.0. The Hall–Kier alpha value is -2.63.